The molecule has 0 saturated carbocycles. The van der Waals surface area contributed by atoms with Crippen molar-refractivity contribution < 1.29 is 15.0 Å². The Bertz CT molecular complexity index is 1390. The number of aromatic nitrogens is 4. The zero-order chi connectivity index (χ0) is 21.4. The van der Waals surface area contributed by atoms with Crippen molar-refractivity contribution in [3.8, 4) is 28.5 Å². The number of imidazole rings is 1. The molecule has 0 spiro atoms. The van der Waals surface area contributed by atoms with Crippen molar-refractivity contribution in [2.45, 2.75) is 6.54 Å². The monoisotopic (exact) mass is 410 g/mol. The highest BCUT2D eigenvalue weighted by Gasteiger charge is 2.22. The van der Waals surface area contributed by atoms with Crippen LogP contribution in [0.4, 0.5) is 0 Å². The van der Waals surface area contributed by atoms with Crippen LogP contribution in [0.25, 0.3) is 33.8 Å². The fraction of sp³-hybridized carbons (Fsp3) is 0.0417. The van der Waals surface area contributed by atoms with Crippen LogP contribution in [0.1, 0.15) is 15.9 Å². The van der Waals surface area contributed by atoms with Crippen molar-refractivity contribution in [1.29, 1.82) is 0 Å². The maximum atomic E-state index is 11.3. The van der Waals surface area contributed by atoms with Gasteiger partial charge in [-0.1, -0.05) is 60.7 Å². The number of aromatic hydroxyl groups is 1. The highest BCUT2D eigenvalue weighted by molar-refractivity contribution is 5.93. The molecule has 0 amide bonds. The van der Waals surface area contributed by atoms with Crippen LogP contribution in [0.2, 0.25) is 0 Å². The minimum absolute atomic E-state index is 0.0136. The molecule has 31 heavy (non-hydrogen) atoms. The number of hydrogen-bond donors (Lipinski definition) is 3. The van der Waals surface area contributed by atoms with Crippen molar-refractivity contribution in [2.24, 2.45) is 0 Å². The minimum atomic E-state index is -1.01. The summed E-state index contributed by atoms with van der Waals surface area (Å²) in [6, 6.07) is 24.1. The Kier molecular flexibility index (Phi) is 4.48. The third-order valence-electron chi connectivity index (χ3n) is 5.10. The van der Waals surface area contributed by atoms with E-state index >= 15 is 0 Å². The molecule has 0 unspecified atom stereocenters. The first-order chi connectivity index (χ1) is 15.1. The summed E-state index contributed by atoms with van der Waals surface area (Å²) < 4.78 is 1.76. The second-order valence-electron chi connectivity index (χ2n) is 7.18. The molecule has 0 aliphatic heterocycles. The van der Waals surface area contributed by atoms with Gasteiger partial charge in [-0.05, 0) is 23.8 Å². The van der Waals surface area contributed by atoms with Gasteiger partial charge >= 0.3 is 5.97 Å². The van der Waals surface area contributed by atoms with Crippen molar-refractivity contribution in [3.05, 3.63) is 90.0 Å². The summed E-state index contributed by atoms with van der Waals surface area (Å²) in [6.07, 6.45) is 0. The number of carboxylic acid groups (broad SMARTS) is 1. The lowest BCUT2D eigenvalue weighted by atomic mass is 10.1. The summed E-state index contributed by atoms with van der Waals surface area (Å²) in [6.45, 7) is 0.474. The van der Waals surface area contributed by atoms with E-state index in [9.17, 15) is 15.0 Å². The number of nitrogens with zero attached hydrogens (tertiary/aromatic N) is 3. The number of H-pyrrole nitrogens is 1. The number of carboxylic acids is 1. The van der Waals surface area contributed by atoms with Gasteiger partial charge in [0, 0.05) is 5.56 Å². The van der Waals surface area contributed by atoms with Gasteiger partial charge in [-0.3, -0.25) is 4.68 Å². The number of fused-ring (bicyclic) bond motifs is 1. The summed E-state index contributed by atoms with van der Waals surface area (Å²) in [5, 5.41) is 25.0. The molecule has 5 rings (SSSR count). The van der Waals surface area contributed by atoms with E-state index in [1.54, 1.807) is 10.7 Å². The quantitative estimate of drug-likeness (QED) is 0.394. The summed E-state index contributed by atoms with van der Waals surface area (Å²) >= 11 is 0. The van der Waals surface area contributed by atoms with Crippen LogP contribution in [0.5, 0.6) is 5.75 Å². The molecule has 0 aliphatic carbocycles. The Morgan fingerprint density at radius 3 is 2.39 bits per heavy atom. The average molecular weight is 410 g/mol. The van der Waals surface area contributed by atoms with Gasteiger partial charge in [0.15, 0.2) is 17.3 Å². The van der Waals surface area contributed by atoms with Crippen molar-refractivity contribution in [1.82, 2.24) is 19.7 Å². The van der Waals surface area contributed by atoms with E-state index in [1.165, 1.54) is 12.1 Å². The Labute approximate surface area is 177 Å². The van der Waals surface area contributed by atoms with E-state index in [0.29, 0.717) is 34.8 Å². The predicted octanol–water partition coefficient (Wildman–Crippen LogP) is 4.55. The summed E-state index contributed by atoms with van der Waals surface area (Å²) in [7, 11) is 0. The Hall–Kier alpha value is -4.39. The van der Waals surface area contributed by atoms with E-state index in [4.69, 9.17) is 0 Å². The minimum Gasteiger partial charge on any atom is -0.504 e. The van der Waals surface area contributed by atoms with Crippen molar-refractivity contribution in [3.63, 3.8) is 0 Å². The van der Waals surface area contributed by atoms with Crippen LogP contribution in [0.15, 0.2) is 78.9 Å². The summed E-state index contributed by atoms with van der Waals surface area (Å²) in [5.74, 6) is -0.627. The lowest BCUT2D eigenvalue weighted by molar-refractivity contribution is 0.0697. The fourth-order valence-corrected chi connectivity index (χ4v) is 3.62. The maximum Gasteiger partial charge on any atom is 0.335 e. The second kappa shape index (κ2) is 7.46. The molecule has 0 atom stereocenters. The van der Waals surface area contributed by atoms with Crippen molar-refractivity contribution >= 4 is 17.0 Å². The van der Waals surface area contributed by atoms with Gasteiger partial charge in [0.1, 0.15) is 5.69 Å². The van der Waals surface area contributed by atoms with Crippen LogP contribution in [0, 0.1) is 0 Å². The standard InChI is InChI=1S/C24H18N4O3/c29-22-20(23-25-18-12-11-17(24(30)31)13-19(18)26-23)27-28(14-15-7-3-1-4-8-15)21(22)16-9-5-2-6-10-16/h1-13,29H,14H2,(H,25,26)(H,30,31). The van der Waals surface area contributed by atoms with Crippen LogP contribution < -0.4 is 0 Å². The molecular formula is C24H18N4O3. The molecule has 3 N–H and O–H groups in total. The molecule has 0 bridgehead atoms. The Balaban J connectivity index is 1.65. The van der Waals surface area contributed by atoms with Gasteiger partial charge < -0.3 is 15.2 Å². The highest BCUT2D eigenvalue weighted by atomic mass is 16.4. The van der Waals surface area contributed by atoms with Crippen LogP contribution in [0.3, 0.4) is 0 Å². The van der Waals surface area contributed by atoms with Gasteiger partial charge in [-0.2, -0.15) is 5.10 Å². The number of nitrogens with one attached hydrogen (secondary N) is 1. The van der Waals surface area contributed by atoms with Gasteiger partial charge in [-0.15, -0.1) is 0 Å². The SMILES string of the molecule is O=C(O)c1ccc2nc(-c3nn(Cc4ccccc4)c(-c4ccccc4)c3O)[nH]c2c1. The van der Waals surface area contributed by atoms with Gasteiger partial charge in [0.25, 0.3) is 0 Å². The largest absolute Gasteiger partial charge is 0.504 e. The predicted molar refractivity (Wildman–Crippen MR) is 117 cm³/mol. The van der Waals surface area contributed by atoms with E-state index in [2.05, 4.69) is 15.1 Å². The first-order valence-corrected chi connectivity index (χ1v) is 9.72. The van der Waals surface area contributed by atoms with E-state index < -0.39 is 5.97 Å². The molecule has 2 aromatic heterocycles. The molecule has 7 heteroatoms. The Morgan fingerprint density at radius 1 is 0.968 bits per heavy atom. The lowest BCUT2D eigenvalue weighted by Gasteiger charge is -2.08. The number of aromatic amines is 1. The molecule has 0 saturated heterocycles. The second-order valence-corrected chi connectivity index (χ2v) is 7.18. The van der Waals surface area contributed by atoms with Gasteiger partial charge in [0.05, 0.1) is 23.1 Å². The molecular weight excluding hydrogens is 392 g/mol. The van der Waals surface area contributed by atoms with E-state index in [-0.39, 0.29) is 11.3 Å². The number of carbonyl (C=O) groups is 1. The van der Waals surface area contributed by atoms with Crippen LogP contribution >= 0.6 is 0 Å². The molecule has 152 valence electrons. The summed E-state index contributed by atoms with van der Waals surface area (Å²) in [5.41, 5.74) is 4.09. The number of benzene rings is 3. The zero-order valence-electron chi connectivity index (χ0n) is 16.4. The third kappa shape index (κ3) is 3.42. The first-order valence-electron chi connectivity index (χ1n) is 9.72. The number of hydrogen-bond acceptors (Lipinski definition) is 4. The maximum absolute atomic E-state index is 11.3. The highest BCUT2D eigenvalue weighted by Crippen LogP contribution is 2.37. The number of rotatable bonds is 5. The van der Waals surface area contributed by atoms with E-state index in [1.807, 2.05) is 60.7 Å². The summed E-state index contributed by atoms with van der Waals surface area (Å²) in [4.78, 5) is 18.9. The number of aromatic carboxylic acids is 1. The normalized spacial score (nSPS) is 11.1. The van der Waals surface area contributed by atoms with Crippen LogP contribution in [-0.4, -0.2) is 35.9 Å². The average Bonchev–Trinajstić information content (AvgIpc) is 3.35. The van der Waals surface area contributed by atoms with Gasteiger partial charge in [0.2, 0.25) is 0 Å². The lowest BCUT2D eigenvalue weighted by Crippen LogP contribution is -2.04. The van der Waals surface area contributed by atoms with Gasteiger partial charge in [-0.25, -0.2) is 9.78 Å². The molecule has 2 heterocycles. The smallest absolute Gasteiger partial charge is 0.335 e. The van der Waals surface area contributed by atoms with E-state index in [0.717, 1.165) is 11.1 Å². The Morgan fingerprint density at radius 2 is 1.68 bits per heavy atom. The topological polar surface area (TPSA) is 104 Å². The van der Waals surface area contributed by atoms with Crippen LogP contribution in [-0.2, 0) is 6.54 Å². The molecule has 7 nitrogen and oxygen atoms in total. The molecule has 0 fully saturated rings. The van der Waals surface area contributed by atoms with Crippen molar-refractivity contribution in [2.75, 3.05) is 0 Å². The fourth-order valence-electron chi connectivity index (χ4n) is 3.62. The molecule has 3 aromatic carbocycles. The first kappa shape index (κ1) is 18.6. The molecule has 0 aliphatic rings. The molecule has 0 radical (unpaired) electrons. The third-order valence-corrected chi connectivity index (χ3v) is 5.10. The zero-order valence-corrected chi connectivity index (χ0v) is 16.4. The molecule has 5 aromatic rings.